The number of aromatic nitrogens is 2. The highest BCUT2D eigenvalue weighted by Gasteiger charge is 2.27. The van der Waals surface area contributed by atoms with Gasteiger partial charge in [-0.3, -0.25) is 9.59 Å². The molecule has 1 aliphatic rings. The van der Waals surface area contributed by atoms with E-state index in [1.165, 1.54) is 35.4 Å². The summed E-state index contributed by atoms with van der Waals surface area (Å²) in [6.07, 6.45) is 6.94. The van der Waals surface area contributed by atoms with Crippen molar-refractivity contribution in [1.29, 1.82) is 0 Å². The van der Waals surface area contributed by atoms with Gasteiger partial charge in [0.15, 0.2) is 0 Å². The van der Waals surface area contributed by atoms with Gasteiger partial charge in [0.25, 0.3) is 0 Å². The molecule has 2 aromatic carbocycles. The average molecular weight is 564 g/mol. The van der Waals surface area contributed by atoms with E-state index in [0.29, 0.717) is 19.0 Å². The van der Waals surface area contributed by atoms with Crippen LogP contribution in [0.25, 0.3) is 17.0 Å². The molecule has 0 saturated carbocycles. The van der Waals surface area contributed by atoms with Gasteiger partial charge < -0.3 is 20.3 Å². The molecular formula is C34H37N5O3. The van der Waals surface area contributed by atoms with E-state index in [2.05, 4.69) is 58.6 Å². The summed E-state index contributed by atoms with van der Waals surface area (Å²) in [5.41, 5.74) is 7.37. The Morgan fingerprint density at radius 1 is 1.07 bits per heavy atom. The molecule has 0 bridgehead atoms. The molecule has 42 heavy (non-hydrogen) atoms. The summed E-state index contributed by atoms with van der Waals surface area (Å²) in [6, 6.07) is 18.2. The van der Waals surface area contributed by atoms with Gasteiger partial charge in [-0.25, -0.2) is 9.97 Å². The first-order chi connectivity index (χ1) is 20.3. The van der Waals surface area contributed by atoms with Crippen molar-refractivity contribution < 1.29 is 14.3 Å². The van der Waals surface area contributed by atoms with Crippen molar-refractivity contribution in [1.82, 2.24) is 15.3 Å². The molecule has 216 valence electrons. The number of pyridine rings is 2. The van der Waals surface area contributed by atoms with Crippen LogP contribution in [0.2, 0.25) is 0 Å². The standard InChI is InChI=1S/C34H37N5O3/c1-22-10-15-30(24(3)29(22)21-42-31-9-5-7-27-14-11-23(2)37-34(27)31)39-18-6-8-28(39)20-36-33(41)17-13-26-12-16-32(35-19-26)38-25(4)40/h5,7,9-17,19,28H,6,8,18,20-21H2,1-4H3,(H,36,41)(H,35,38,40)/t28-/m1/s1. The maximum absolute atomic E-state index is 12.6. The van der Waals surface area contributed by atoms with Crippen LogP contribution in [0.15, 0.2) is 66.9 Å². The van der Waals surface area contributed by atoms with Crippen LogP contribution in [-0.2, 0) is 16.2 Å². The second-order valence-corrected chi connectivity index (χ2v) is 10.8. The molecule has 0 aliphatic carbocycles. The fraction of sp³-hybridized carbons (Fsp3) is 0.294. The first kappa shape index (κ1) is 28.8. The second kappa shape index (κ2) is 12.9. The molecular weight excluding hydrogens is 526 g/mol. The summed E-state index contributed by atoms with van der Waals surface area (Å²) in [5.74, 6) is 0.938. The zero-order chi connectivity index (χ0) is 29.6. The lowest BCUT2D eigenvalue weighted by molar-refractivity contribution is -0.116. The number of nitrogens with one attached hydrogen (secondary N) is 2. The number of carbonyl (C=O) groups excluding carboxylic acids is 2. The first-order valence-corrected chi connectivity index (χ1v) is 14.3. The summed E-state index contributed by atoms with van der Waals surface area (Å²) in [5, 5.41) is 6.76. The molecule has 1 atom stereocenters. The lowest BCUT2D eigenvalue weighted by Gasteiger charge is -2.30. The minimum atomic E-state index is -0.176. The highest BCUT2D eigenvalue weighted by Crippen LogP contribution is 2.33. The number of rotatable bonds is 9. The number of benzene rings is 2. The van der Waals surface area contributed by atoms with Gasteiger partial charge in [0.2, 0.25) is 11.8 Å². The number of ether oxygens (including phenoxy) is 1. The normalized spacial score (nSPS) is 14.9. The lowest BCUT2D eigenvalue weighted by atomic mass is 10.0. The second-order valence-electron chi connectivity index (χ2n) is 10.8. The van der Waals surface area contributed by atoms with E-state index in [-0.39, 0.29) is 17.9 Å². The Morgan fingerprint density at radius 3 is 2.71 bits per heavy atom. The Hall–Kier alpha value is -4.72. The van der Waals surface area contributed by atoms with Gasteiger partial charge in [-0.05, 0) is 92.3 Å². The minimum absolute atomic E-state index is 0.151. The topological polar surface area (TPSA) is 96.5 Å². The van der Waals surface area contributed by atoms with Crippen molar-refractivity contribution in [3.8, 4) is 5.75 Å². The van der Waals surface area contributed by atoms with Gasteiger partial charge in [0.05, 0.1) is 0 Å². The van der Waals surface area contributed by atoms with Crippen molar-refractivity contribution >= 4 is 40.3 Å². The van der Waals surface area contributed by atoms with Crippen LogP contribution < -0.4 is 20.3 Å². The number of nitrogens with zero attached hydrogens (tertiary/aromatic N) is 3. The Labute approximate surface area is 246 Å². The molecule has 0 radical (unpaired) electrons. The van der Waals surface area contributed by atoms with Crippen molar-refractivity contribution in [2.45, 2.75) is 53.2 Å². The van der Waals surface area contributed by atoms with Crippen molar-refractivity contribution in [2.75, 3.05) is 23.3 Å². The highest BCUT2D eigenvalue weighted by atomic mass is 16.5. The largest absolute Gasteiger partial charge is 0.487 e. The lowest BCUT2D eigenvalue weighted by Crippen LogP contribution is -2.40. The van der Waals surface area contributed by atoms with Crippen LogP contribution in [0, 0.1) is 20.8 Å². The molecule has 0 spiro atoms. The van der Waals surface area contributed by atoms with Crippen LogP contribution in [0.3, 0.4) is 0 Å². The number of hydrogen-bond acceptors (Lipinski definition) is 6. The van der Waals surface area contributed by atoms with Crippen LogP contribution >= 0.6 is 0 Å². The number of amides is 2. The molecule has 4 aromatic rings. The molecule has 1 aliphatic heterocycles. The Kier molecular flexibility index (Phi) is 8.81. The zero-order valence-electron chi connectivity index (χ0n) is 24.6. The van der Waals surface area contributed by atoms with Crippen molar-refractivity contribution in [3.05, 3.63) is 94.8 Å². The number of para-hydroxylation sites is 1. The van der Waals surface area contributed by atoms with E-state index in [1.54, 1.807) is 24.4 Å². The molecule has 3 heterocycles. The maximum Gasteiger partial charge on any atom is 0.244 e. The summed E-state index contributed by atoms with van der Waals surface area (Å²) < 4.78 is 6.36. The Morgan fingerprint density at radius 2 is 1.93 bits per heavy atom. The Bertz CT molecular complexity index is 1630. The van der Waals surface area contributed by atoms with Crippen LogP contribution in [0.5, 0.6) is 5.75 Å². The van der Waals surface area contributed by atoms with E-state index in [9.17, 15) is 9.59 Å². The molecule has 8 heteroatoms. The first-order valence-electron chi connectivity index (χ1n) is 14.3. The minimum Gasteiger partial charge on any atom is -0.487 e. The smallest absolute Gasteiger partial charge is 0.244 e. The number of aryl methyl sites for hydroxylation is 2. The zero-order valence-corrected chi connectivity index (χ0v) is 24.6. The van der Waals surface area contributed by atoms with Gasteiger partial charge in [0.1, 0.15) is 23.7 Å². The Balaban J connectivity index is 1.23. The predicted molar refractivity (Wildman–Crippen MR) is 168 cm³/mol. The van der Waals surface area contributed by atoms with Crippen LogP contribution in [0.1, 0.15) is 47.7 Å². The van der Waals surface area contributed by atoms with E-state index in [1.807, 2.05) is 25.1 Å². The third kappa shape index (κ3) is 6.77. The van der Waals surface area contributed by atoms with Gasteiger partial charge >= 0.3 is 0 Å². The van der Waals surface area contributed by atoms with Crippen molar-refractivity contribution in [2.24, 2.45) is 0 Å². The monoisotopic (exact) mass is 563 g/mol. The maximum atomic E-state index is 12.6. The number of hydrogen-bond donors (Lipinski definition) is 2. The summed E-state index contributed by atoms with van der Waals surface area (Å²) in [4.78, 5) is 35.1. The van der Waals surface area contributed by atoms with E-state index in [0.717, 1.165) is 47.3 Å². The third-order valence-electron chi connectivity index (χ3n) is 7.71. The third-order valence-corrected chi connectivity index (χ3v) is 7.71. The van der Waals surface area contributed by atoms with E-state index < -0.39 is 0 Å². The van der Waals surface area contributed by atoms with E-state index >= 15 is 0 Å². The summed E-state index contributed by atoms with van der Waals surface area (Å²) in [6.45, 7) is 9.67. The molecule has 5 rings (SSSR count). The molecule has 1 saturated heterocycles. The summed E-state index contributed by atoms with van der Waals surface area (Å²) >= 11 is 0. The predicted octanol–water partition coefficient (Wildman–Crippen LogP) is 5.89. The SMILES string of the molecule is CC(=O)Nc1ccc(C=CC(=O)NC[C@H]2CCCN2c2ccc(C)c(COc3cccc4ccc(C)nc34)c2C)cn1. The number of carbonyl (C=O) groups is 2. The molecule has 2 aromatic heterocycles. The van der Waals surface area contributed by atoms with Crippen LogP contribution in [-0.4, -0.2) is 40.9 Å². The quantitative estimate of drug-likeness (QED) is 0.247. The average Bonchev–Trinajstić information content (AvgIpc) is 3.44. The molecule has 8 nitrogen and oxygen atoms in total. The molecule has 1 fully saturated rings. The van der Waals surface area contributed by atoms with Crippen LogP contribution in [0.4, 0.5) is 11.5 Å². The molecule has 0 unspecified atom stereocenters. The van der Waals surface area contributed by atoms with Gasteiger partial charge in [0, 0.05) is 55.1 Å². The number of fused-ring (bicyclic) bond motifs is 1. The fourth-order valence-electron chi connectivity index (χ4n) is 5.47. The van der Waals surface area contributed by atoms with Crippen molar-refractivity contribution in [3.63, 3.8) is 0 Å². The van der Waals surface area contributed by atoms with Gasteiger partial charge in [-0.15, -0.1) is 0 Å². The fourth-order valence-corrected chi connectivity index (χ4v) is 5.47. The molecule has 2 N–H and O–H groups in total. The van der Waals surface area contributed by atoms with Gasteiger partial charge in [-0.2, -0.15) is 0 Å². The summed E-state index contributed by atoms with van der Waals surface area (Å²) in [7, 11) is 0. The highest BCUT2D eigenvalue weighted by molar-refractivity contribution is 5.92. The number of anilines is 2. The van der Waals surface area contributed by atoms with Gasteiger partial charge in [-0.1, -0.05) is 24.3 Å². The van der Waals surface area contributed by atoms with E-state index in [4.69, 9.17) is 9.72 Å². The molecule has 2 amide bonds.